The van der Waals surface area contributed by atoms with Gasteiger partial charge in [0.1, 0.15) is 10.6 Å². The highest BCUT2D eigenvalue weighted by Gasteiger charge is 2.16. The van der Waals surface area contributed by atoms with Crippen LogP contribution in [0.1, 0.15) is 36.7 Å². The molecule has 0 atom stereocenters. The van der Waals surface area contributed by atoms with Crippen LogP contribution in [0.2, 0.25) is 0 Å². The Hall–Kier alpha value is -1.01. The molecule has 0 aromatic carbocycles. The molecule has 0 fully saturated rings. The van der Waals surface area contributed by atoms with Crippen LogP contribution in [0.15, 0.2) is 17.2 Å². The summed E-state index contributed by atoms with van der Waals surface area (Å²) in [6.45, 7) is 2.37. The molecule has 0 bridgehead atoms. The van der Waals surface area contributed by atoms with E-state index < -0.39 is 15.0 Å². The van der Waals surface area contributed by atoms with Crippen molar-refractivity contribution in [1.29, 1.82) is 0 Å². The molecule has 1 aromatic rings. The van der Waals surface area contributed by atoms with Crippen molar-refractivity contribution in [3.05, 3.63) is 18.0 Å². The van der Waals surface area contributed by atoms with Gasteiger partial charge in [-0.05, 0) is 12.5 Å². The lowest BCUT2D eigenvalue weighted by atomic mass is 10.3. The zero-order valence-corrected chi connectivity index (χ0v) is 11.0. The van der Waals surface area contributed by atoms with Crippen molar-refractivity contribution < 1.29 is 17.9 Å². The van der Waals surface area contributed by atoms with Gasteiger partial charge in [-0.3, -0.25) is 0 Å². The molecule has 96 valence electrons. The largest absolute Gasteiger partial charge is 0.461 e. The summed E-state index contributed by atoms with van der Waals surface area (Å²) in [6, 6.07) is 1.16. The minimum atomic E-state index is -3.81. The second-order valence-electron chi connectivity index (χ2n) is 3.53. The number of carbonyl (C=O) groups is 1. The van der Waals surface area contributed by atoms with Crippen LogP contribution in [0, 0.1) is 0 Å². The van der Waals surface area contributed by atoms with Crippen molar-refractivity contribution in [3.63, 3.8) is 0 Å². The third kappa shape index (κ3) is 4.40. The zero-order valence-electron chi connectivity index (χ0n) is 9.40. The number of esters is 1. The number of H-pyrrole nitrogens is 1. The maximum absolute atomic E-state index is 11.5. The molecule has 0 aliphatic carbocycles. The van der Waals surface area contributed by atoms with Gasteiger partial charge in [0, 0.05) is 16.9 Å². The summed E-state index contributed by atoms with van der Waals surface area (Å²) in [7, 11) is 1.31. The van der Waals surface area contributed by atoms with Crippen LogP contribution in [-0.4, -0.2) is 26.0 Å². The van der Waals surface area contributed by atoms with E-state index in [1.54, 1.807) is 0 Å². The Morgan fingerprint density at radius 2 is 2.18 bits per heavy atom. The van der Waals surface area contributed by atoms with Gasteiger partial charge in [-0.25, -0.2) is 13.2 Å². The lowest BCUT2D eigenvalue weighted by Gasteiger charge is -2.01. The van der Waals surface area contributed by atoms with E-state index in [1.165, 1.54) is 0 Å². The summed E-state index contributed by atoms with van der Waals surface area (Å²) in [4.78, 5) is 13.8. The van der Waals surface area contributed by atoms with E-state index in [-0.39, 0.29) is 10.6 Å². The first-order chi connectivity index (χ1) is 7.95. The minimum absolute atomic E-state index is 0.0840. The van der Waals surface area contributed by atoms with Crippen LogP contribution in [0.25, 0.3) is 0 Å². The van der Waals surface area contributed by atoms with E-state index in [0.717, 1.165) is 31.5 Å². The number of hydrogen-bond donors (Lipinski definition) is 1. The highest BCUT2D eigenvalue weighted by Crippen LogP contribution is 2.16. The van der Waals surface area contributed by atoms with Gasteiger partial charge in [-0.1, -0.05) is 19.8 Å². The van der Waals surface area contributed by atoms with Crippen LogP contribution >= 0.6 is 10.7 Å². The SMILES string of the molecule is CCCCCOC(=O)c1cc(S(=O)(=O)Cl)c[nH]1. The average Bonchev–Trinajstić information content (AvgIpc) is 2.72. The number of aromatic amines is 1. The fourth-order valence-electron chi connectivity index (χ4n) is 1.23. The van der Waals surface area contributed by atoms with E-state index in [1.807, 2.05) is 6.92 Å². The minimum Gasteiger partial charge on any atom is -0.461 e. The molecule has 0 amide bonds. The van der Waals surface area contributed by atoms with E-state index in [9.17, 15) is 13.2 Å². The van der Waals surface area contributed by atoms with Gasteiger partial charge in [0.15, 0.2) is 0 Å². The molecule has 0 saturated carbocycles. The van der Waals surface area contributed by atoms with Crippen molar-refractivity contribution in [2.75, 3.05) is 6.61 Å². The molecule has 0 aliphatic heterocycles. The Bertz CT molecular complexity index is 480. The molecule has 1 N–H and O–H groups in total. The van der Waals surface area contributed by atoms with E-state index in [2.05, 4.69) is 4.98 Å². The van der Waals surface area contributed by atoms with Crippen molar-refractivity contribution in [3.8, 4) is 0 Å². The summed E-state index contributed by atoms with van der Waals surface area (Å²) >= 11 is 0. The Morgan fingerprint density at radius 3 is 2.71 bits per heavy atom. The predicted molar refractivity (Wildman–Crippen MR) is 63.6 cm³/mol. The number of ether oxygens (including phenoxy) is 1. The molecule has 0 spiro atoms. The van der Waals surface area contributed by atoms with Gasteiger partial charge in [-0.2, -0.15) is 0 Å². The van der Waals surface area contributed by atoms with Gasteiger partial charge in [0.05, 0.1) is 6.61 Å². The number of aromatic nitrogens is 1. The lowest BCUT2D eigenvalue weighted by molar-refractivity contribution is 0.0492. The number of unbranched alkanes of at least 4 members (excludes halogenated alkanes) is 2. The maximum atomic E-state index is 11.5. The van der Waals surface area contributed by atoms with Crippen molar-refractivity contribution in [2.24, 2.45) is 0 Å². The Balaban J connectivity index is 2.56. The zero-order chi connectivity index (χ0) is 12.9. The van der Waals surface area contributed by atoms with E-state index >= 15 is 0 Å². The summed E-state index contributed by atoms with van der Waals surface area (Å²) in [5.74, 6) is -0.576. The topological polar surface area (TPSA) is 76.2 Å². The predicted octanol–water partition coefficient (Wildman–Crippen LogP) is 2.29. The molecule has 0 unspecified atom stereocenters. The van der Waals surface area contributed by atoms with Crippen LogP contribution in [0.5, 0.6) is 0 Å². The first kappa shape index (κ1) is 14.1. The Morgan fingerprint density at radius 1 is 1.47 bits per heavy atom. The number of hydrogen-bond acceptors (Lipinski definition) is 4. The number of halogens is 1. The normalized spacial score (nSPS) is 11.4. The molecule has 17 heavy (non-hydrogen) atoms. The molecule has 0 saturated heterocycles. The van der Waals surface area contributed by atoms with Crippen LogP contribution in [-0.2, 0) is 13.8 Å². The summed E-state index contributed by atoms with van der Waals surface area (Å²) in [6.07, 6.45) is 3.97. The van der Waals surface area contributed by atoms with Crippen molar-refractivity contribution in [1.82, 2.24) is 4.98 Å². The van der Waals surface area contributed by atoms with Gasteiger partial charge < -0.3 is 9.72 Å². The number of nitrogens with one attached hydrogen (secondary N) is 1. The second kappa shape index (κ2) is 6.07. The number of rotatable bonds is 6. The molecule has 1 aromatic heterocycles. The molecule has 5 nitrogen and oxygen atoms in total. The Kier molecular flexibility index (Phi) is 5.02. The van der Waals surface area contributed by atoms with E-state index in [0.29, 0.717) is 6.61 Å². The fraction of sp³-hybridized carbons (Fsp3) is 0.500. The Labute approximate surface area is 105 Å². The molecular formula is C10H14ClNO4S. The lowest BCUT2D eigenvalue weighted by Crippen LogP contribution is -2.06. The van der Waals surface area contributed by atoms with Gasteiger partial charge >= 0.3 is 5.97 Å². The fourth-order valence-corrected chi connectivity index (χ4v) is 1.95. The summed E-state index contributed by atoms with van der Waals surface area (Å²) in [5, 5.41) is 0. The highest BCUT2D eigenvalue weighted by molar-refractivity contribution is 8.13. The monoisotopic (exact) mass is 279 g/mol. The van der Waals surface area contributed by atoms with Crippen molar-refractivity contribution in [2.45, 2.75) is 31.1 Å². The third-order valence-electron chi connectivity index (χ3n) is 2.14. The average molecular weight is 280 g/mol. The van der Waals surface area contributed by atoms with Crippen LogP contribution in [0.4, 0.5) is 0 Å². The first-order valence-corrected chi connectivity index (χ1v) is 7.56. The molecule has 7 heteroatoms. The molecule has 1 rings (SSSR count). The third-order valence-corrected chi connectivity index (χ3v) is 3.47. The molecule has 0 aliphatic rings. The number of carbonyl (C=O) groups excluding carboxylic acids is 1. The second-order valence-corrected chi connectivity index (χ2v) is 6.10. The summed E-state index contributed by atoms with van der Waals surface area (Å²) < 4.78 is 26.9. The molecule has 1 heterocycles. The van der Waals surface area contributed by atoms with E-state index in [4.69, 9.17) is 15.4 Å². The maximum Gasteiger partial charge on any atom is 0.354 e. The molecule has 0 radical (unpaired) electrons. The smallest absolute Gasteiger partial charge is 0.354 e. The highest BCUT2D eigenvalue weighted by atomic mass is 35.7. The quantitative estimate of drug-likeness (QED) is 0.492. The van der Waals surface area contributed by atoms with Gasteiger partial charge in [0.2, 0.25) is 0 Å². The summed E-state index contributed by atoms with van der Waals surface area (Å²) in [5.41, 5.74) is 0.0840. The first-order valence-electron chi connectivity index (χ1n) is 5.25. The van der Waals surface area contributed by atoms with Gasteiger partial charge in [-0.15, -0.1) is 0 Å². The van der Waals surface area contributed by atoms with Crippen LogP contribution < -0.4 is 0 Å². The van der Waals surface area contributed by atoms with Crippen LogP contribution in [0.3, 0.4) is 0 Å². The standard InChI is InChI=1S/C10H14ClNO4S/c1-2-3-4-5-16-10(13)9-6-8(7-12-9)17(11,14)15/h6-7,12H,2-5H2,1H3. The molecular weight excluding hydrogens is 266 g/mol. The van der Waals surface area contributed by atoms with Crippen molar-refractivity contribution >= 4 is 25.7 Å². The van der Waals surface area contributed by atoms with Gasteiger partial charge in [0.25, 0.3) is 9.05 Å².